The first-order valence-electron chi connectivity index (χ1n) is 9.09. The van der Waals surface area contributed by atoms with Gasteiger partial charge in [0.1, 0.15) is 0 Å². The molecule has 0 fully saturated rings. The van der Waals surface area contributed by atoms with E-state index in [4.69, 9.17) is 0 Å². The smallest absolute Gasteiger partial charge is 0.0327 e. The van der Waals surface area contributed by atoms with E-state index in [1.165, 1.54) is 60.1 Å². The Morgan fingerprint density at radius 3 is 2.24 bits per heavy atom. The molecular weight excluding hydrogens is 426 g/mol. The van der Waals surface area contributed by atoms with Crippen LogP contribution in [0, 0.1) is 12.5 Å². The van der Waals surface area contributed by atoms with Gasteiger partial charge in [0.05, 0.1) is 0 Å². The van der Waals surface area contributed by atoms with Crippen LogP contribution in [-0.2, 0) is 24.2 Å². The predicted octanol–water partition coefficient (Wildman–Crippen LogP) is 0.395. The average molecular weight is 457 g/mol. The second-order valence-corrected chi connectivity index (χ2v) is 9.52. The van der Waals surface area contributed by atoms with E-state index in [0.29, 0.717) is 0 Å². The maximum atomic E-state index is 3.05. The summed E-state index contributed by atoms with van der Waals surface area (Å²) in [6.45, 7) is 6.33. The van der Waals surface area contributed by atoms with E-state index in [9.17, 15) is 0 Å². The molecule has 138 valence electrons. The van der Waals surface area contributed by atoms with Gasteiger partial charge in [-0.3, -0.25) is 6.08 Å². The number of fused-ring (bicyclic) bond motifs is 1. The van der Waals surface area contributed by atoms with Gasteiger partial charge in [0.2, 0.25) is 0 Å². The van der Waals surface area contributed by atoms with Crippen molar-refractivity contribution in [3.8, 4) is 0 Å². The topological polar surface area (TPSA) is 0 Å². The minimum atomic E-state index is 0. The largest absolute Gasteiger partial charge is 1.00 e. The quantitative estimate of drug-likeness (QED) is 0.463. The molecule has 0 spiro atoms. The summed E-state index contributed by atoms with van der Waals surface area (Å²) in [7, 11) is 0. The van der Waals surface area contributed by atoms with Gasteiger partial charge in [-0.25, -0.2) is 23.6 Å². The molecule has 0 aromatic carbocycles. The molecule has 4 aliphatic carbocycles. The van der Waals surface area contributed by atoms with Crippen molar-refractivity contribution in [1.29, 1.82) is 0 Å². The molecule has 0 aromatic heterocycles. The molecule has 0 nitrogen and oxygen atoms in total. The Kier molecular flexibility index (Phi) is 13.4. The molecule has 4 aliphatic rings. The number of hydrogen-bond donors (Lipinski definition) is 0. The van der Waals surface area contributed by atoms with E-state index < -0.39 is 0 Å². The van der Waals surface area contributed by atoms with Gasteiger partial charge in [-0.15, -0.1) is 25.3 Å². The molecule has 3 heteroatoms. The molecule has 25 heavy (non-hydrogen) atoms. The zero-order valence-electron chi connectivity index (χ0n) is 15.9. The van der Waals surface area contributed by atoms with Crippen LogP contribution < -0.4 is 24.8 Å². The fourth-order valence-corrected chi connectivity index (χ4v) is 3.62. The third-order valence-corrected chi connectivity index (χ3v) is 4.63. The molecule has 0 aliphatic heterocycles. The van der Waals surface area contributed by atoms with E-state index in [1.807, 2.05) is 6.08 Å². The third-order valence-electron chi connectivity index (χ3n) is 4.63. The van der Waals surface area contributed by atoms with Crippen LogP contribution in [0.4, 0.5) is 0 Å². The van der Waals surface area contributed by atoms with Crippen LogP contribution in [0.1, 0.15) is 78.6 Å². The Labute approximate surface area is 182 Å². The van der Waals surface area contributed by atoms with Crippen LogP contribution in [0.3, 0.4) is 0 Å². The summed E-state index contributed by atoms with van der Waals surface area (Å²) in [5, 5.41) is 0. The predicted molar refractivity (Wildman–Crippen MR) is 97.8 cm³/mol. The Bertz CT molecular complexity index is 528. The summed E-state index contributed by atoms with van der Waals surface area (Å²) < 4.78 is 1.51. The molecule has 0 saturated heterocycles. The fourth-order valence-electron chi connectivity index (χ4n) is 3.62. The summed E-state index contributed by atoms with van der Waals surface area (Å²) in [5.41, 5.74) is 8.40. The average Bonchev–Trinajstić information content (AvgIpc) is 3.13. The minimum absolute atomic E-state index is 0. The zero-order chi connectivity index (χ0) is 16.7. The fraction of sp³-hybridized carbons (Fsp3) is 0.545. The molecule has 0 bridgehead atoms. The van der Waals surface area contributed by atoms with E-state index in [2.05, 4.69) is 39.3 Å². The van der Waals surface area contributed by atoms with Crippen molar-refractivity contribution in [2.75, 3.05) is 0 Å². The standard InChI is InChI=1S/C13H17.C6H7.C3H6.2ClH.Zr/c1-3-7-12-10(5-1)9-11-6-2-4-8-13(11)12;1-6-4-2-3-5-6;1-3-2;;;/h5H,1-4,6-9H2;4-5H,2H2,1H3;1-2H3;2*1H;/q2*-1;;;;+2/p-2. The van der Waals surface area contributed by atoms with Crippen LogP contribution in [0.5, 0.6) is 0 Å². The van der Waals surface area contributed by atoms with Crippen molar-refractivity contribution >= 4 is 3.21 Å². The van der Waals surface area contributed by atoms with Crippen molar-refractivity contribution in [3.05, 3.63) is 52.5 Å². The van der Waals surface area contributed by atoms with E-state index in [-0.39, 0.29) is 24.8 Å². The van der Waals surface area contributed by atoms with Gasteiger partial charge >= 0.3 is 41.3 Å². The summed E-state index contributed by atoms with van der Waals surface area (Å²) >= 11 is 1.55. The zero-order valence-corrected chi connectivity index (χ0v) is 19.8. The first-order chi connectivity index (χ1) is 11.1. The molecule has 0 heterocycles. The first kappa shape index (κ1) is 25.2. The monoisotopic (exact) mass is 454 g/mol. The molecule has 0 N–H and O–H groups in total. The van der Waals surface area contributed by atoms with Crippen LogP contribution in [-0.4, -0.2) is 3.21 Å². The van der Waals surface area contributed by atoms with Crippen molar-refractivity contribution in [2.45, 2.75) is 78.6 Å². The Morgan fingerprint density at radius 2 is 1.68 bits per heavy atom. The number of allylic oxidation sites excluding steroid dienone is 8. The number of hydrogen-bond acceptors (Lipinski definition) is 0. The minimum Gasteiger partial charge on any atom is -1.00 e. The molecule has 4 rings (SSSR count). The molecular formula is C22H30Cl2Zr-2. The maximum absolute atomic E-state index is 3.05. The van der Waals surface area contributed by atoms with Gasteiger partial charge in [-0.05, 0) is 25.7 Å². The van der Waals surface area contributed by atoms with Gasteiger partial charge < -0.3 is 24.8 Å². The summed E-state index contributed by atoms with van der Waals surface area (Å²) in [5.74, 6) is 0. The van der Waals surface area contributed by atoms with E-state index >= 15 is 0 Å². The van der Waals surface area contributed by atoms with Gasteiger partial charge in [0.15, 0.2) is 0 Å². The third kappa shape index (κ3) is 8.59. The van der Waals surface area contributed by atoms with Gasteiger partial charge in [0, 0.05) is 0 Å². The second kappa shape index (κ2) is 13.3. The summed E-state index contributed by atoms with van der Waals surface area (Å²) in [6, 6.07) is 0. The SMILES string of the molecule is CC1=CC[C-]=C1.C[C](C)=[Zr+2].[CH-]1CCCC2=C1CC1=C2CCCC1.[Cl-].[Cl-]. The van der Waals surface area contributed by atoms with Crippen LogP contribution in [0.2, 0.25) is 0 Å². The second-order valence-electron chi connectivity index (χ2n) is 7.07. The molecule has 0 amide bonds. The van der Waals surface area contributed by atoms with E-state index in [1.54, 1.807) is 46.5 Å². The molecule has 0 unspecified atom stereocenters. The van der Waals surface area contributed by atoms with Crippen LogP contribution in [0.25, 0.3) is 0 Å². The maximum Gasteiger partial charge on any atom is -0.0327 e. The van der Waals surface area contributed by atoms with Crippen LogP contribution >= 0.6 is 0 Å². The molecule has 0 atom stereocenters. The van der Waals surface area contributed by atoms with E-state index in [0.717, 1.165) is 6.42 Å². The Balaban J connectivity index is 0.000000410. The summed E-state index contributed by atoms with van der Waals surface area (Å²) in [4.78, 5) is 0. The van der Waals surface area contributed by atoms with Gasteiger partial charge in [0.25, 0.3) is 0 Å². The Morgan fingerprint density at radius 1 is 1.04 bits per heavy atom. The van der Waals surface area contributed by atoms with Gasteiger partial charge in [-0.2, -0.15) is 11.6 Å². The van der Waals surface area contributed by atoms with Gasteiger partial charge in [-0.1, -0.05) is 24.8 Å². The number of rotatable bonds is 0. The normalized spacial score (nSPS) is 19.6. The molecule has 0 radical (unpaired) electrons. The summed E-state index contributed by atoms with van der Waals surface area (Å²) in [6.07, 6.45) is 21.8. The van der Waals surface area contributed by atoms with Crippen molar-refractivity contribution in [3.63, 3.8) is 0 Å². The first-order valence-corrected chi connectivity index (χ1v) is 10.3. The molecule has 0 saturated carbocycles. The molecule has 0 aromatic rings. The van der Waals surface area contributed by atoms with Crippen molar-refractivity contribution in [2.24, 2.45) is 0 Å². The Hall–Kier alpha value is 0.163. The number of halogens is 2. The van der Waals surface area contributed by atoms with Crippen molar-refractivity contribution < 1.29 is 49.0 Å². The van der Waals surface area contributed by atoms with Crippen molar-refractivity contribution in [1.82, 2.24) is 0 Å². The van der Waals surface area contributed by atoms with Crippen LogP contribution in [0.15, 0.2) is 40.0 Å².